The highest BCUT2D eigenvalue weighted by molar-refractivity contribution is 5.89. The van der Waals surface area contributed by atoms with Crippen LogP contribution in [0.25, 0.3) is 0 Å². The van der Waals surface area contributed by atoms with E-state index in [0.29, 0.717) is 5.56 Å². The van der Waals surface area contributed by atoms with Crippen LogP contribution in [0.3, 0.4) is 0 Å². The Kier molecular flexibility index (Phi) is 2.22. The second-order valence-corrected chi connectivity index (χ2v) is 2.55. The first-order valence-electron chi connectivity index (χ1n) is 4.00. The van der Waals surface area contributed by atoms with E-state index in [1.807, 2.05) is 6.07 Å². The molecule has 0 saturated heterocycles. The van der Waals surface area contributed by atoms with Crippen LogP contribution in [0.1, 0.15) is 10.4 Å². The minimum Gasteiger partial charge on any atom is -0.312 e. The number of hydrogen-bond donors (Lipinski definition) is 0. The van der Waals surface area contributed by atoms with Crippen LogP contribution in [0.15, 0.2) is 42.7 Å². The molecule has 0 saturated carbocycles. The van der Waals surface area contributed by atoms with Gasteiger partial charge in [-0.2, -0.15) is 0 Å². The summed E-state index contributed by atoms with van der Waals surface area (Å²) < 4.78 is 0. The molecule has 0 radical (unpaired) electrons. The summed E-state index contributed by atoms with van der Waals surface area (Å²) in [6.07, 6.45) is 2.87. The molecule has 14 heavy (non-hydrogen) atoms. The van der Waals surface area contributed by atoms with Crippen LogP contribution in [-0.2, 0) is 0 Å². The average molecular weight is 189 g/mol. The number of benzene rings is 1. The number of aromatic nitrogens is 3. The number of carbonyl (C=O) groups is 1. The zero-order valence-corrected chi connectivity index (χ0v) is 7.20. The van der Waals surface area contributed by atoms with Crippen molar-refractivity contribution >= 4 is 5.97 Å². The first kappa shape index (κ1) is 8.43. The molecule has 1 aromatic carbocycles. The van der Waals surface area contributed by atoms with Crippen LogP contribution in [0.4, 0.5) is 0 Å². The third-order valence-corrected chi connectivity index (χ3v) is 1.59. The highest BCUT2D eigenvalue weighted by atomic mass is 16.7. The predicted molar refractivity (Wildman–Crippen MR) is 47.4 cm³/mol. The van der Waals surface area contributed by atoms with Gasteiger partial charge < -0.3 is 4.84 Å². The summed E-state index contributed by atoms with van der Waals surface area (Å²) in [4.78, 5) is 17.3. The summed E-state index contributed by atoms with van der Waals surface area (Å²) in [5.74, 6) is -0.462. The van der Waals surface area contributed by atoms with Crippen LogP contribution in [0, 0.1) is 0 Å². The van der Waals surface area contributed by atoms with Gasteiger partial charge in [0.15, 0.2) is 0 Å². The van der Waals surface area contributed by atoms with Gasteiger partial charge in [-0.1, -0.05) is 23.0 Å². The summed E-state index contributed by atoms with van der Waals surface area (Å²) in [5.41, 5.74) is 0.475. The summed E-state index contributed by atoms with van der Waals surface area (Å²) in [7, 11) is 0. The molecule has 0 spiro atoms. The van der Waals surface area contributed by atoms with Crippen molar-refractivity contribution in [1.29, 1.82) is 0 Å². The Bertz CT molecular complexity index is 411. The Morgan fingerprint density at radius 2 is 2.07 bits per heavy atom. The first-order valence-corrected chi connectivity index (χ1v) is 4.00. The highest BCUT2D eigenvalue weighted by Gasteiger charge is 2.07. The normalized spacial score (nSPS) is 9.71. The Labute approximate surface area is 79.9 Å². The summed E-state index contributed by atoms with van der Waals surface area (Å²) in [6.45, 7) is 0. The maximum Gasteiger partial charge on any atom is 0.365 e. The Morgan fingerprint density at radius 3 is 2.71 bits per heavy atom. The third-order valence-electron chi connectivity index (χ3n) is 1.59. The molecule has 0 fully saturated rings. The minimum atomic E-state index is -0.462. The van der Waals surface area contributed by atoms with Crippen molar-refractivity contribution in [3.63, 3.8) is 0 Å². The fourth-order valence-corrected chi connectivity index (χ4v) is 0.958. The molecular formula is C9H7N3O2. The molecule has 0 atom stereocenters. The van der Waals surface area contributed by atoms with E-state index in [1.54, 1.807) is 24.3 Å². The van der Waals surface area contributed by atoms with Crippen LogP contribution in [-0.4, -0.2) is 21.1 Å². The Morgan fingerprint density at radius 1 is 1.29 bits per heavy atom. The van der Waals surface area contributed by atoms with E-state index in [-0.39, 0.29) is 0 Å². The van der Waals surface area contributed by atoms with E-state index in [4.69, 9.17) is 4.84 Å². The highest BCUT2D eigenvalue weighted by Crippen LogP contribution is 1.98. The van der Waals surface area contributed by atoms with Crippen molar-refractivity contribution in [2.75, 3.05) is 0 Å². The molecule has 0 bridgehead atoms. The maximum atomic E-state index is 11.4. The average Bonchev–Trinajstić information content (AvgIpc) is 2.72. The van der Waals surface area contributed by atoms with E-state index < -0.39 is 5.97 Å². The molecule has 2 rings (SSSR count). The SMILES string of the molecule is O=C(On1ccnn1)c1ccccc1. The molecular weight excluding hydrogens is 182 g/mol. The van der Waals surface area contributed by atoms with Gasteiger partial charge in [0, 0.05) is 0 Å². The lowest BCUT2D eigenvalue weighted by molar-refractivity contribution is 0.0384. The lowest BCUT2D eigenvalue weighted by Gasteiger charge is -2.00. The Balaban J connectivity index is 2.11. The van der Waals surface area contributed by atoms with E-state index in [9.17, 15) is 4.79 Å². The van der Waals surface area contributed by atoms with Gasteiger partial charge in [0.2, 0.25) is 0 Å². The Hall–Kier alpha value is -2.17. The zero-order chi connectivity index (χ0) is 9.80. The molecule has 0 aliphatic heterocycles. The fraction of sp³-hybridized carbons (Fsp3) is 0. The van der Waals surface area contributed by atoms with Gasteiger partial charge in [-0.3, -0.25) is 0 Å². The molecule has 0 N–H and O–H groups in total. The lowest BCUT2D eigenvalue weighted by Crippen LogP contribution is -2.20. The van der Waals surface area contributed by atoms with Crippen LogP contribution in [0.5, 0.6) is 0 Å². The van der Waals surface area contributed by atoms with Gasteiger partial charge in [0.1, 0.15) is 0 Å². The molecule has 1 aromatic heterocycles. The van der Waals surface area contributed by atoms with Crippen LogP contribution < -0.4 is 4.84 Å². The molecule has 0 aliphatic carbocycles. The van der Waals surface area contributed by atoms with Gasteiger partial charge in [-0.25, -0.2) is 4.79 Å². The van der Waals surface area contributed by atoms with Crippen molar-refractivity contribution in [1.82, 2.24) is 15.2 Å². The molecule has 0 aliphatic rings. The predicted octanol–water partition coefficient (Wildman–Crippen LogP) is 0.547. The standard InChI is InChI=1S/C9H7N3O2/c13-9(8-4-2-1-3-5-8)14-12-7-6-10-11-12/h1-7H. The number of rotatable bonds is 2. The summed E-state index contributed by atoms with van der Waals surface area (Å²) >= 11 is 0. The molecule has 70 valence electrons. The van der Waals surface area contributed by atoms with Gasteiger partial charge in [-0.05, 0) is 17.3 Å². The van der Waals surface area contributed by atoms with Gasteiger partial charge in [0.25, 0.3) is 0 Å². The van der Waals surface area contributed by atoms with E-state index in [2.05, 4.69) is 10.3 Å². The van der Waals surface area contributed by atoms with Gasteiger partial charge >= 0.3 is 5.97 Å². The van der Waals surface area contributed by atoms with Crippen molar-refractivity contribution < 1.29 is 9.63 Å². The number of hydrogen-bond acceptors (Lipinski definition) is 4. The minimum absolute atomic E-state index is 0.462. The van der Waals surface area contributed by atoms with Crippen molar-refractivity contribution in [2.45, 2.75) is 0 Å². The van der Waals surface area contributed by atoms with E-state index in [0.717, 1.165) is 4.85 Å². The van der Waals surface area contributed by atoms with Gasteiger partial charge in [-0.15, -0.1) is 5.10 Å². The van der Waals surface area contributed by atoms with Crippen molar-refractivity contribution in [3.8, 4) is 0 Å². The topological polar surface area (TPSA) is 57.0 Å². The second-order valence-electron chi connectivity index (χ2n) is 2.55. The second kappa shape index (κ2) is 3.69. The molecule has 5 heteroatoms. The van der Waals surface area contributed by atoms with Crippen molar-refractivity contribution in [2.24, 2.45) is 0 Å². The fourth-order valence-electron chi connectivity index (χ4n) is 0.958. The van der Waals surface area contributed by atoms with Crippen LogP contribution in [0.2, 0.25) is 0 Å². The zero-order valence-electron chi connectivity index (χ0n) is 7.20. The smallest absolute Gasteiger partial charge is 0.312 e. The maximum absolute atomic E-state index is 11.4. The monoisotopic (exact) mass is 189 g/mol. The largest absolute Gasteiger partial charge is 0.365 e. The van der Waals surface area contributed by atoms with Crippen LogP contribution >= 0.6 is 0 Å². The van der Waals surface area contributed by atoms with E-state index in [1.165, 1.54) is 12.4 Å². The van der Waals surface area contributed by atoms with Gasteiger partial charge in [0.05, 0.1) is 18.0 Å². The lowest BCUT2D eigenvalue weighted by atomic mass is 10.2. The first-order chi connectivity index (χ1) is 6.86. The van der Waals surface area contributed by atoms with E-state index >= 15 is 0 Å². The number of nitrogens with zero attached hydrogens (tertiary/aromatic N) is 3. The number of carbonyl (C=O) groups excluding carboxylic acids is 1. The third kappa shape index (κ3) is 1.77. The van der Waals surface area contributed by atoms with Crippen molar-refractivity contribution in [3.05, 3.63) is 48.3 Å². The quantitative estimate of drug-likeness (QED) is 0.647. The molecule has 0 unspecified atom stereocenters. The molecule has 5 nitrogen and oxygen atoms in total. The summed E-state index contributed by atoms with van der Waals surface area (Å²) in [5, 5.41) is 7.01. The molecule has 1 heterocycles. The summed E-state index contributed by atoms with van der Waals surface area (Å²) in [6, 6.07) is 8.68. The molecule has 0 amide bonds. The molecule has 2 aromatic rings.